The largest absolute Gasteiger partial charge is 0.376 e. The van der Waals surface area contributed by atoms with Crippen molar-refractivity contribution in [2.45, 2.75) is 18.4 Å². The lowest BCUT2D eigenvalue weighted by Gasteiger charge is -2.24. The first-order valence-corrected chi connectivity index (χ1v) is 3.58. The lowest BCUT2D eigenvalue weighted by molar-refractivity contribution is -0.0871. The highest BCUT2D eigenvalue weighted by molar-refractivity contribution is 6.20. The highest BCUT2D eigenvalue weighted by Gasteiger charge is 2.18. The summed E-state index contributed by atoms with van der Waals surface area (Å²) in [5.74, 6) is 0. The number of ether oxygens (including phenoxy) is 2. The molecule has 0 saturated carbocycles. The van der Waals surface area contributed by atoms with Crippen LogP contribution in [0.1, 0.15) is 6.92 Å². The van der Waals surface area contributed by atoms with E-state index in [1.54, 1.807) is 0 Å². The van der Waals surface area contributed by atoms with Crippen molar-refractivity contribution in [3.8, 4) is 0 Å². The van der Waals surface area contributed by atoms with Crippen LogP contribution in [0.5, 0.6) is 0 Å². The second-order valence-corrected chi connectivity index (χ2v) is 2.85. The second-order valence-electron chi connectivity index (χ2n) is 2.16. The first kappa shape index (κ1) is 7.32. The monoisotopic (exact) mass is 150 g/mol. The third-order valence-electron chi connectivity index (χ3n) is 1.35. The summed E-state index contributed by atoms with van der Waals surface area (Å²) in [5, 5.41) is 0.0605. The summed E-state index contributed by atoms with van der Waals surface area (Å²) in [4.78, 5) is 0. The molecule has 1 heterocycles. The molecule has 0 aromatic heterocycles. The molecule has 54 valence electrons. The van der Waals surface area contributed by atoms with Gasteiger partial charge in [-0.25, -0.2) is 0 Å². The lowest BCUT2D eigenvalue weighted by Crippen LogP contribution is -2.34. The number of alkyl halides is 1. The maximum atomic E-state index is 5.75. The Kier molecular flexibility index (Phi) is 2.76. The average molecular weight is 151 g/mol. The van der Waals surface area contributed by atoms with Gasteiger partial charge >= 0.3 is 0 Å². The van der Waals surface area contributed by atoms with E-state index >= 15 is 0 Å². The van der Waals surface area contributed by atoms with Crippen molar-refractivity contribution >= 4 is 11.6 Å². The van der Waals surface area contributed by atoms with Crippen LogP contribution < -0.4 is 0 Å². The summed E-state index contributed by atoms with van der Waals surface area (Å²) < 4.78 is 10.4. The maximum absolute atomic E-state index is 5.75. The Bertz CT molecular complexity index is 79.1. The summed E-state index contributed by atoms with van der Waals surface area (Å²) in [6, 6.07) is 0. The Morgan fingerprint density at radius 3 is 2.67 bits per heavy atom. The predicted octanol–water partition coefficient (Wildman–Crippen LogP) is 1.03. The van der Waals surface area contributed by atoms with Crippen molar-refractivity contribution in [1.29, 1.82) is 0 Å². The van der Waals surface area contributed by atoms with Crippen LogP contribution in [0.3, 0.4) is 0 Å². The zero-order chi connectivity index (χ0) is 6.69. The highest BCUT2D eigenvalue weighted by atomic mass is 35.5. The fourth-order valence-corrected chi connectivity index (χ4v) is 0.917. The quantitative estimate of drug-likeness (QED) is 0.520. The van der Waals surface area contributed by atoms with Crippen LogP contribution in [-0.4, -0.2) is 31.3 Å². The molecule has 2 unspecified atom stereocenters. The summed E-state index contributed by atoms with van der Waals surface area (Å²) in [5.41, 5.74) is 0. The number of halogens is 1. The van der Waals surface area contributed by atoms with Gasteiger partial charge in [-0.1, -0.05) is 0 Å². The molecule has 0 radical (unpaired) electrons. The molecular weight excluding hydrogens is 140 g/mol. The number of hydrogen-bond donors (Lipinski definition) is 0. The average Bonchev–Trinajstić information content (AvgIpc) is 1.90. The van der Waals surface area contributed by atoms with Crippen LogP contribution >= 0.6 is 11.6 Å². The summed E-state index contributed by atoms with van der Waals surface area (Å²) in [6.07, 6.45) is 0.0976. The van der Waals surface area contributed by atoms with E-state index in [9.17, 15) is 0 Å². The lowest BCUT2D eigenvalue weighted by atomic mass is 10.3. The van der Waals surface area contributed by atoms with Crippen molar-refractivity contribution in [2.24, 2.45) is 0 Å². The predicted molar refractivity (Wildman–Crippen MR) is 35.9 cm³/mol. The number of rotatable bonds is 1. The molecule has 1 saturated heterocycles. The van der Waals surface area contributed by atoms with E-state index in [0.29, 0.717) is 19.8 Å². The molecule has 0 bridgehead atoms. The number of hydrogen-bond acceptors (Lipinski definition) is 2. The molecule has 9 heavy (non-hydrogen) atoms. The molecule has 0 aromatic carbocycles. The van der Waals surface area contributed by atoms with E-state index in [2.05, 4.69) is 0 Å². The summed E-state index contributed by atoms with van der Waals surface area (Å²) in [7, 11) is 0. The van der Waals surface area contributed by atoms with Gasteiger partial charge in [0.15, 0.2) is 0 Å². The fourth-order valence-electron chi connectivity index (χ4n) is 0.771. The van der Waals surface area contributed by atoms with E-state index in [4.69, 9.17) is 21.1 Å². The van der Waals surface area contributed by atoms with Crippen molar-refractivity contribution in [1.82, 2.24) is 0 Å². The van der Waals surface area contributed by atoms with Gasteiger partial charge in [0.1, 0.15) is 0 Å². The molecule has 1 aliphatic heterocycles. The molecule has 1 fully saturated rings. The summed E-state index contributed by atoms with van der Waals surface area (Å²) in [6.45, 7) is 3.95. The molecular formula is C6H11ClO2. The fraction of sp³-hybridized carbons (Fsp3) is 1.00. The van der Waals surface area contributed by atoms with Crippen LogP contribution in [-0.2, 0) is 9.47 Å². The normalized spacial score (nSPS) is 32.0. The van der Waals surface area contributed by atoms with Gasteiger partial charge in [0, 0.05) is 0 Å². The Morgan fingerprint density at radius 1 is 1.56 bits per heavy atom. The Labute approximate surface area is 60.1 Å². The van der Waals surface area contributed by atoms with Gasteiger partial charge in [-0.15, -0.1) is 11.6 Å². The topological polar surface area (TPSA) is 18.5 Å². The van der Waals surface area contributed by atoms with Gasteiger partial charge < -0.3 is 9.47 Å². The van der Waals surface area contributed by atoms with Gasteiger partial charge in [-0.05, 0) is 6.92 Å². The molecule has 0 N–H and O–H groups in total. The van der Waals surface area contributed by atoms with Gasteiger partial charge in [-0.2, -0.15) is 0 Å². The Morgan fingerprint density at radius 2 is 2.33 bits per heavy atom. The summed E-state index contributed by atoms with van der Waals surface area (Å²) >= 11 is 5.75. The van der Waals surface area contributed by atoms with E-state index < -0.39 is 0 Å². The highest BCUT2D eigenvalue weighted by Crippen LogP contribution is 2.09. The molecule has 0 amide bonds. The third-order valence-corrected chi connectivity index (χ3v) is 1.64. The van der Waals surface area contributed by atoms with Gasteiger partial charge in [0.2, 0.25) is 0 Å². The van der Waals surface area contributed by atoms with E-state index in [1.807, 2.05) is 6.92 Å². The van der Waals surface area contributed by atoms with Gasteiger partial charge in [-0.3, -0.25) is 0 Å². The molecule has 3 heteroatoms. The van der Waals surface area contributed by atoms with Crippen LogP contribution in [0.25, 0.3) is 0 Å². The van der Waals surface area contributed by atoms with Crippen LogP contribution in [0.4, 0.5) is 0 Å². The first-order chi connectivity index (χ1) is 4.30. The molecule has 1 aliphatic rings. The van der Waals surface area contributed by atoms with Crippen LogP contribution in [0.2, 0.25) is 0 Å². The van der Waals surface area contributed by atoms with E-state index in [0.717, 1.165) is 0 Å². The molecule has 1 rings (SSSR count). The minimum Gasteiger partial charge on any atom is -0.376 e. The van der Waals surface area contributed by atoms with E-state index in [-0.39, 0.29) is 11.5 Å². The van der Waals surface area contributed by atoms with Crippen molar-refractivity contribution < 1.29 is 9.47 Å². The van der Waals surface area contributed by atoms with Gasteiger partial charge in [0.05, 0.1) is 31.3 Å². The zero-order valence-electron chi connectivity index (χ0n) is 5.47. The molecule has 2 nitrogen and oxygen atoms in total. The second kappa shape index (κ2) is 3.40. The minimum absolute atomic E-state index is 0.0605. The van der Waals surface area contributed by atoms with E-state index in [1.165, 1.54) is 0 Å². The maximum Gasteiger partial charge on any atom is 0.0969 e. The smallest absolute Gasteiger partial charge is 0.0969 e. The standard InChI is InChI=1S/C6H11ClO2/c1-5(7)6-4-8-2-3-9-6/h5-6H,2-4H2,1H3. The zero-order valence-corrected chi connectivity index (χ0v) is 6.23. The minimum atomic E-state index is 0.0605. The van der Waals surface area contributed by atoms with Crippen LogP contribution in [0.15, 0.2) is 0 Å². The Balaban J connectivity index is 2.23. The van der Waals surface area contributed by atoms with Crippen LogP contribution in [0, 0.1) is 0 Å². The molecule has 0 aromatic rings. The van der Waals surface area contributed by atoms with Crippen molar-refractivity contribution in [2.75, 3.05) is 19.8 Å². The molecule has 0 aliphatic carbocycles. The molecule has 2 atom stereocenters. The SMILES string of the molecule is CC(Cl)C1COCCO1. The van der Waals surface area contributed by atoms with Gasteiger partial charge in [0.25, 0.3) is 0 Å². The van der Waals surface area contributed by atoms with Crippen molar-refractivity contribution in [3.05, 3.63) is 0 Å². The molecule has 0 spiro atoms. The van der Waals surface area contributed by atoms with Crippen molar-refractivity contribution in [3.63, 3.8) is 0 Å². The third kappa shape index (κ3) is 2.12. The first-order valence-electron chi connectivity index (χ1n) is 3.14. The Hall–Kier alpha value is 0.210.